The second-order valence-corrected chi connectivity index (χ2v) is 5.55. The van der Waals surface area contributed by atoms with Gasteiger partial charge in [0.05, 0.1) is 10.6 Å². The van der Waals surface area contributed by atoms with E-state index in [1.54, 1.807) is 24.3 Å². The molecule has 0 N–H and O–H groups in total. The van der Waals surface area contributed by atoms with Gasteiger partial charge in [-0.15, -0.1) is 0 Å². The van der Waals surface area contributed by atoms with Crippen molar-refractivity contribution in [1.29, 1.82) is 0 Å². The Hall–Kier alpha value is -1.16. The van der Waals surface area contributed by atoms with Gasteiger partial charge in [0.1, 0.15) is 6.29 Å². The van der Waals surface area contributed by atoms with Gasteiger partial charge in [-0.3, -0.25) is 0 Å². The molecule has 0 aliphatic heterocycles. The van der Waals surface area contributed by atoms with Gasteiger partial charge >= 0.3 is 0 Å². The lowest BCUT2D eigenvalue weighted by atomic mass is 10.2. The Morgan fingerprint density at radius 1 is 1.20 bits per heavy atom. The van der Waals surface area contributed by atoms with Crippen molar-refractivity contribution < 1.29 is 13.2 Å². The molecule has 82 valence electrons. The maximum Gasteiger partial charge on any atom is 0.178 e. The van der Waals surface area contributed by atoms with Gasteiger partial charge in [0.25, 0.3) is 0 Å². The van der Waals surface area contributed by atoms with Crippen LogP contribution in [0, 0.1) is 6.92 Å². The van der Waals surface area contributed by atoms with Crippen molar-refractivity contribution in [3.63, 3.8) is 0 Å². The zero-order chi connectivity index (χ0) is 11.3. The topological polar surface area (TPSA) is 51.2 Å². The van der Waals surface area contributed by atoms with Gasteiger partial charge in [-0.2, -0.15) is 0 Å². The number of sulfone groups is 1. The fourth-order valence-corrected chi connectivity index (χ4v) is 2.55. The molecule has 0 saturated carbocycles. The summed E-state index contributed by atoms with van der Waals surface area (Å²) in [6.45, 7) is 1.91. The molecule has 0 aliphatic carbocycles. The number of benzene rings is 1. The lowest BCUT2D eigenvalue weighted by molar-refractivity contribution is -0.107. The Labute approximate surface area is 90.0 Å². The average molecular weight is 226 g/mol. The molecule has 3 nitrogen and oxygen atoms in total. The van der Waals surface area contributed by atoms with E-state index in [2.05, 4.69) is 0 Å². The Morgan fingerprint density at radius 3 is 2.33 bits per heavy atom. The fraction of sp³-hybridized carbons (Fsp3) is 0.364. The molecule has 1 aromatic rings. The number of hydrogen-bond acceptors (Lipinski definition) is 3. The molecule has 0 unspecified atom stereocenters. The van der Waals surface area contributed by atoms with Crippen molar-refractivity contribution in [2.75, 3.05) is 5.75 Å². The van der Waals surface area contributed by atoms with Crippen LogP contribution < -0.4 is 0 Å². The highest BCUT2D eigenvalue weighted by Gasteiger charge is 2.12. The van der Waals surface area contributed by atoms with Gasteiger partial charge in [-0.1, -0.05) is 17.7 Å². The summed E-state index contributed by atoms with van der Waals surface area (Å²) in [5, 5.41) is 0. The van der Waals surface area contributed by atoms with Crippen molar-refractivity contribution in [1.82, 2.24) is 0 Å². The third kappa shape index (κ3) is 3.47. The number of carbonyl (C=O) groups is 1. The van der Waals surface area contributed by atoms with Crippen LogP contribution in [-0.4, -0.2) is 20.5 Å². The summed E-state index contributed by atoms with van der Waals surface area (Å²) in [7, 11) is -3.21. The van der Waals surface area contributed by atoms with Crippen LogP contribution in [0.2, 0.25) is 0 Å². The van der Waals surface area contributed by atoms with Crippen LogP contribution in [0.15, 0.2) is 29.2 Å². The first-order valence-electron chi connectivity index (χ1n) is 4.79. The van der Waals surface area contributed by atoms with Crippen molar-refractivity contribution >= 4 is 16.1 Å². The molecule has 0 bridgehead atoms. The quantitative estimate of drug-likeness (QED) is 0.567. The molecule has 0 aliphatic rings. The van der Waals surface area contributed by atoms with Crippen LogP contribution >= 0.6 is 0 Å². The van der Waals surface area contributed by atoms with Crippen molar-refractivity contribution in [3.05, 3.63) is 29.8 Å². The highest BCUT2D eigenvalue weighted by atomic mass is 32.2. The predicted octanol–water partition coefficient (Wildman–Crippen LogP) is 1.75. The number of aryl methyl sites for hydroxylation is 1. The highest BCUT2D eigenvalue weighted by Crippen LogP contribution is 2.13. The first-order valence-corrected chi connectivity index (χ1v) is 6.44. The van der Waals surface area contributed by atoms with Crippen LogP contribution in [0.5, 0.6) is 0 Å². The number of rotatable bonds is 5. The minimum atomic E-state index is -3.21. The Bertz CT molecular complexity index is 418. The molecular formula is C11H14O3S. The van der Waals surface area contributed by atoms with Gasteiger partial charge < -0.3 is 4.79 Å². The second kappa shape index (κ2) is 5.07. The molecule has 1 rings (SSSR count). The third-order valence-corrected chi connectivity index (χ3v) is 3.93. The van der Waals surface area contributed by atoms with E-state index in [9.17, 15) is 13.2 Å². The predicted molar refractivity (Wildman–Crippen MR) is 58.5 cm³/mol. The monoisotopic (exact) mass is 226 g/mol. The molecular weight excluding hydrogens is 212 g/mol. The van der Waals surface area contributed by atoms with E-state index in [1.165, 1.54) is 0 Å². The van der Waals surface area contributed by atoms with E-state index in [-0.39, 0.29) is 5.75 Å². The maximum absolute atomic E-state index is 11.7. The number of aldehydes is 1. The Morgan fingerprint density at radius 2 is 1.80 bits per heavy atom. The molecule has 1 aromatic carbocycles. The summed E-state index contributed by atoms with van der Waals surface area (Å²) in [5.41, 5.74) is 1.03. The Balaban J connectivity index is 2.77. The molecule has 0 heterocycles. The van der Waals surface area contributed by atoms with Gasteiger partial charge in [0.2, 0.25) is 0 Å². The number of carbonyl (C=O) groups excluding carboxylic acids is 1. The van der Waals surface area contributed by atoms with E-state index in [1.807, 2.05) is 6.92 Å². The summed E-state index contributed by atoms with van der Waals surface area (Å²) >= 11 is 0. The fourth-order valence-electron chi connectivity index (χ4n) is 1.22. The zero-order valence-corrected chi connectivity index (χ0v) is 9.46. The lowest BCUT2D eigenvalue weighted by Crippen LogP contribution is -2.06. The molecule has 0 saturated heterocycles. The Kier molecular flexibility index (Phi) is 4.03. The van der Waals surface area contributed by atoms with Crippen LogP contribution in [0.25, 0.3) is 0 Å². The van der Waals surface area contributed by atoms with Crippen molar-refractivity contribution in [2.24, 2.45) is 0 Å². The van der Waals surface area contributed by atoms with Crippen LogP contribution in [0.4, 0.5) is 0 Å². The minimum Gasteiger partial charge on any atom is -0.303 e. The minimum absolute atomic E-state index is 0.0365. The van der Waals surface area contributed by atoms with E-state index in [0.29, 0.717) is 17.7 Å². The van der Waals surface area contributed by atoms with Gasteiger partial charge in [0, 0.05) is 6.42 Å². The molecule has 0 spiro atoms. The maximum atomic E-state index is 11.7. The molecule has 0 atom stereocenters. The van der Waals surface area contributed by atoms with E-state index < -0.39 is 9.84 Å². The molecule has 15 heavy (non-hydrogen) atoms. The van der Waals surface area contributed by atoms with E-state index in [4.69, 9.17) is 0 Å². The third-order valence-electron chi connectivity index (χ3n) is 2.12. The highest BCUT2D eigenvalue weighted by molar-refractivity contribution is 7.91. The van der Waals surface area contributed by atoms with E-state index in [0.717, 1.165) is 11.8 Å². The SMILES string of the molecule is Cc1ccc(S(=O)(=O)CCCC=O)cc1. The lowest BCUT2D eigenvalue weighted by Gasteiger charge is -2.03. The summed E-state index contributed by atoms with van der Waals surface area (Å²) < 4.78 is 23.4. The van der Waals surface area contributed by atoms with Crippen LogP contribution in [-0.2, 0) is 14.6 Å². The van der Waals surface area contributed by atoms with E-state index >= 15 is 0 Å². The molecule has 0 amide bonds. The average Bonchev–Trinajstić information content (AvgIpc) is 2.18. The smallest absolute Gasteiger partial charge is 0.178 e. The molecule has 0 fully saturated rings. The van der Waals surface area contributed by atoms with Crippen molar-refractivity contribution in [3.8, 4) is 0 Å². The normalized spacial score (nSPS) is 11.3. The van der Waals surface area contributed by atoms with Gasteiger partial charge in [-0.05, 0) is 25.5 Å². The first-order chi connectivity index (χ1) is 7.06. The van der Waals surface area contributed by atoms with Crippen LogP contribution in [0.1, 0.15) is 18.4 Å². The molecule has 0 aromatic heterocycles. The number of unbranched alkanes of at least 4 members (excludes halogenated alkanes) is 1. The molecule has 0 radical (unpaired) electrons. The zero-order valence-electron chi connectivity index (χ0n) is 8.64. The number of hydrogen-bond donors (Lipinski definition) is 0. The first kappa shape index (κ1) is 11.9. The summed E-state index contributed by atoms with van der Waals surface area (Å²) in [4.78, 5) is 10.4. The summed E-state index contributed by atoms with van der Waals surface area (Å²) in [6.07, 6.45) is 1.43. The largest absolute Gasteiger partial charge is 0.303 e. The van der Waals surface area contributed by atoms with Crippen molar-refractivity contribution in [2.45, 2.75) is 24.7 Å². The molecule has 4 heteroatoms. The van der Waals surface area contributed by atoms with Gasteiger partial charge in [-0.25, -0.2) is 8.42 Å². The summed E-state index contributed by atoms with van der Waals surface area (Å²) in [5.74, 6) is 0.0365. The second-order valence-electron chi connectivity index (χ2n) is 3.44. The standard InChI is InChI=1S/C11H14O3S/c1-10-4-6-11(7-5-10)15(13,14)9-3-2-8-12/h4-8H,2-3,9H2,1H3. The van der Waals surface area contributed by atoms with Crippen LogP contribution in [0.3, 0.4) is 0 Å². The van der Waals surface area contributed by atoms with Gasteiger partial charge in [0.15, 0.2) is 9.84 Å². The summed E-state index contributed by atoms with van der Waals surface area (Å²) in [6, 6.07) is 6.75.